The Kier molecular flexibility index (Phi) is 4.33. The Morgan fingerprint density at radius 3 is 2.16 bits per heavy atom. The maximum atomic E-state index is 13.4. The molecular weight excluding hydrogens is 237 g/mol. The highest BCUT2D eigenvalue weighted by Crippen LogP contribution is 2.20. The normalized spacial score (nSPS) is 14.1. The van der Waals surface area contributed by atoms with E-state index in [1.807, 2.05) is 31.2 Å². The number of benzene rings is 2. The Labute approximate surface area is 114 Å². The molecule has 1 N–H and O–H groups in total. The minimum atomic E-state index is -0.170. The largest absolute Gasteiger partial charge is 0.304 e. The lowest BCUT2D eigenvalue weighted by Crippen LogP contribution is -2.22. The van der Waals surface area contributed by atoms with Gasteiger partial charge in [-0.3, -0.25) is 0 Å². The van der Waals surface area contributed by atoms with Gasteiger partial charge in [-0.05, 0) is 49.6 Å². The summed E-state index contributed by atoms with van der Waals surface area (Å²) in [7, 11) is 0. The number of aryl methyl sites for hydroxylation is 1. The first-order chi connectivity index (χ1) is 9.06. The van der Waals surface area contributed by atoms with E-state index in [-0.39, 0.29) is 17.9 Å². The zero-order valence-electron chi connectivity index (χ0n) is 11.7. The van der Waals surface area contributed by atoms with Crippen LogP contribution in [0, 0.1) is 12.7 Å². The van der Waals surface area contributed by atoms with Crippen molar-refractivity contribution in [3.63, 3.8) is 0 Å². The molecule has 0 aliphatic heterocycles. The molecule has 2 heteroatoms. The topological polar surface area (TPSA) is 12.0 Å². The molecule has 0 aliphatic rings. The molecule has 2 aromatic carbocycles. The van der Waals surface area contributed by atoms with Crippen LogP contribution in [-0.4, -0.2) is 0 Å². The summed E-state index contributed by atoms with van der Waals surface area (Å²) in [6.07, 6.45) is 0. The lowest BCUT2D eigenvalue weighted by molar-refractivity contribution is 0.491. The second-order valence-electron chi connectivity index (χ2n) is 5.08. The van der Waals surface area contributed by atoms with Gasteiger partial charge in [-0.15, -0.1) is 0 Å². The van der Waals surface area contributed by atoms with Gasteiger partial charge < -0.3 is 5.32 Å². The van der Waals surface area contributed by atoms with Gasteiger partial charge in [0.05, 0.1) is 0 Å². The highest BCUT2D eigenvalue weighted by molar-refractivity contribution is 5.26. The maximum Gasteiger partial charge on any atom is 0.123 e. The molecule has 1 nitrogen and oxygen atoms in total. The van der Waals surface area contributed by atoms with E-state index in [0.29, 0.717) is 0 Å². The van der Waals surface area contributed by atoms with Crippen LogP contribution in [0.5, 0.6) is 0 Å². The summed E-state index contributed by atoms with van der Waals surface area (Å²) in [6, 6.07) is 15.8. The molecule has 0 aromatic heterocycles. The fourth-order valence-corrected chi connectivity index (χ4v) is 2.32. The van der Waals surface area contributed by atoms with Crippen LogP contribution >= 0.6 is 0 Å². The Morgan fingerprint density at radius 2 is 1.53 bits per heavy atom. The molecule has 2 atom stereocenters. The molecule has 0 heterocycles. The average Bonchev–Trinajstić information content (AvgIpc) is 2.38. The van der Waals surface area contributed by atoms with Crippen molar-refractivity contribution in [2.45, 2.75) is 32.9 Å². The van der Waals surface area contributed by atoms with Crippen molar-refractivity contribution in [3.05, 3.63) is 71.0 Å². The molecule has 100 valence electrons. The summed E-state index contributed by atoms with van der Waals surface area (Å²) < 4.78 is 13.4. The second kappa shape index (κ2) is 5.98. The van der Waals surface area contributed by atoms with Gasteiger partial charge in [0.2, 0.25) is 0 Å². The third kappa shape index (κ3) is 3.65. The molecule has 0 aliphatic carbocycles. The molecule has 19 heavy (non-hydrogen) atoms. The smallest absolute Gasteiger partial charge is 0.123 e. The molecule has 2 aromatic rings. The van der Waals surface area contributed by atoms with Gasteiger partial charge in [0.15, 0.2) is 0 Å². The van der Waals surface area contributed by atoms with Crippen molar-refractivity contribution in [3.8, 4) is 0 Å². The first kappa shape index (κ1) is 13.8. The molecule has 0 bridgehead atoms. The van der Waals surface area contributed by atoms with Crippen molar-refractivity contribution in [1.82, 2.24) is 5.32 Å². The van der Waals surface area contributed by atoms with Crippen LogP contribution in [0.25, 0.3) is 0 Å². The second-order valence-corrected chi connectivity index (χ2v) is 5.08. The highest BCUT2D eigenvalue weighted by Gasteiger charge is 2.11. The Morgan fingerprint density at radius 1 is 0.895 bits per heavy atom. The number of halogens is 1. The molecule has 0 radical (unpaired) electrons. The van der Waals surface area contributed by atoms with Gasteiger partial charge in [0, 0.05) is 12.1 Å². The van der Waals surface area contributed by atoms with E-state index in [9.17, 15) is 4.39 Å². The zero-order chi connectivity index (χ0) is 13.8. The minimum Gasteiger partial charge on any atom is -0.304 e. The predicted molar refractivity (Wildman–Crippen MR) is 77.5 cm³/mol. The summed E-state index contributed by atoms with van der Waals surface area (Å²) >= 11 is 0. The summed E-state index contributed by atoms with van der Waals surface area (Å²) in [6.45, 7) is 6.10. The fraction of sp³-hybridized carbons (Fsp3) is 0.294. The molecular formula is C17H20FN. The molecule has 0 fully saturated rings. The monoisotopic (exact) mass is 257 g/mol. The summed E-state index contributed by atoms with van der Waals surface area (Å²) in [5, 5.41) is 3.50. The fourth-order valence-electron chi connectivity index (χ4n) is 2.32. The number of nitrogens with one attached hydrogen (secondary N) is 1. The van der Waals surface area contributed by atoms with Crippen molar-refractivity contribution >= 4 is 0 Å². The predicted octanol–water partition coefficient (Wildman–Crippen LogP) is 4.55. The van der Waals surface area contributed by atoms with Crippen molar-refractivity contribution in [2.75, 3.05) is 0 Å². The van der Waals surface area contributed by atoms with Gasteiger partial charge in [-0.1, -0.05) is 36.4 Å². The van der Waals surface area contributed by atoms with Crippen LogP contribution in [0.1, 0.15) is 42.6 Å². The quantitative estimate of drug-likeness (QED) is 0.847. The van der Waals surface area contributed by atoms with Crippen LogP contribution in [0.15, 0.2) is 48.5 Å². The van der Waals surface area contributed by atoms with Crippen molar-refractivity contribution in [1.29, 1.82) is 0 Å². The molecule has 2 rings (SSSR count). The standard InChI is InChI=1S/C17H20FN/c1-12-9-16(11-17(18)10-12)14(3)19-13(2)15-7-5-4-6-8-15/h4-11,13-14,19H,1-3H3. The van der Waals surface area contributed by atoms with Crippen LogP contribution in [-0.2, 0) is 0 Å². The highest BCUT2D eigenvalue weighted by atomic mass is 19.1. The maximum absolute atomic E-state index is 13.4. The summed E-state index contributed by atoms with van der Waals surface area (Å²) in [5.41, 5.74) is 3.18. The lowest BCUT2D eigenvalue weighted by Gasteiger charge is -2.21. The van der Waals surface area contributed by atoms with E-state index in [4.69, 9.17) is 0 Å². The first-order valence-corrected chi connectivity index (χ1v) is 6.64. The summed E-state index contributed by atoms with van der Waals surface area (Å²) in [5.74, 6) is -0.170. The lowest BCUT2D eigenvalue weighted by atomic mass is 10.0. The van der Waals surface area contributed by atoms with Gasteiger partial charge in [-0.2, -0.15) is 0 Å². The van der Waals surface area contributed by atoms with Gasteiger partial charge in [0.1, 0.15) is 5.82 Å². The van der Waals surface area contributed by atoms with Crippen LogP contribution in [0.2, 0.25) is 0 Å². The van der Waals surface area contributed by atoms with Gasteiger partial charge >= 0.3 is 0 Å². The van der Waals surface area contributed by atoms with E-state index in [2.05, 4.69) is 31.3 Å². The third-order valence-electron chi connectivity index (χ3n) is 3.36. The van der Waals surface area contributed by atoms with E-state index in [1.54, 1.807) is 12.1 Å². The SMILES string of the molecule is Cc1cc(F)cc(C(C)NC(C)c2ccccc2)c1. The van der Waals surface area contributed by atoms with Gasteiger partial charge in [-0.25, -0.2) is 4.39 Å². The molecule has 0 amide bonds. The zero-order valence-corrected chi connectivity index (χ0v) is 11.7. The number of hydrogen-bond donors (Lipinski definition) is 1. The Bertz CT molecular complexity index is 516. The molecule has 0 saturated heterocycles. The Balaban J connectivity index is 2.10. The van der Waals surface area contributed by atoms with E-state index < -0.39 is 0 Å². The Hall–Kier alpha value is -1.67. The third-order valence-corrected chi connectivity index (χ3v) is 3.36. The van der Waals surface area contributed by atoms with E-state index in [0.717, 1.165) is 11.1 Å². The van der Waals surface area contributed by atoms with Gasteiger partial charge in [0.25, 0.3) is 0 Å². The average molecular weight is 257 g/mol. The van der Waals surface area contributed by atoms with Crippen LogP contribution < -0.4 is 5.32 Å². The number of hydrogen-bond acceptors (Lipinski definition) is 1. The van der Waals surface area contributed by atoms with Crippen molar-refractivity contribution < 1.29 is 4.39 Å². The van der Waals surface area contributed by atoms with Crippen LogP contribution in [0.3, 0.4) is 0 Å². The molecule has 0 saturated carbocycles. The van der Waals surface area contributed by atoms with E-state index >= 15 is 0 Å². The van der Waals surface area contributed by atoms with Crippen LogP contribution in [0.4, 0.5) is 4.39 Å². The molecule has 0 spiro atoms. The van der Waals surface area contributed by atoms with E-state index in [1.165, 1.54) is 5.56 Å². The number of rotatable bonds is 4. The van der Waals surface area contributed by atoms with Crippen molar-refractivity contribution in [2.24, 2.45) is 0 Å². The first-order valence-electron chi connectivity index (χ1n) is 6.64. The minimum absolute atomic E-state index is 0.115. The summed E-state index contributed by atoms with van der Waals surface area (Å²) in [4.78, 5) is 0. The molecule has 2 unspecified atom stereocenters.